The Hall–Kier alpha value is -2.63. The number of ketones is 1. The van der Waals surface area contributed by atoms with Crippen LogP contribution in [-0.4, -0.2) is 23.4 Å². The van der Waals surface area contributed by atoms with E-state index in [9.17, 15) is 14.0 Å². The van der Waals surface area contributed by atoms with Crippen molar-refractivity contribution in [1.29, 1.82) is 0 Å². The molecule has 0 aliphatic carbocycles. The molecule has 0 spiro atoms. The van der Waals surface area contributed by atoms with Crippen LogP contribution in [-0.2, 0) is 18.4 Å². The molecule has 0 bridgehead atoms. The van der Waals surface area contributed by atoms with Crippen molar-refractivity contribution in [2.75, 3.05) is 7.11 Å². The molecule has 6 heteroatoms. The number of rotatable bonds is 5. The molecule has 0 unspecified atom stereocenters. The highest BCUT2D eigenvalue weighted by atomic mass is 19.1. The summed E-state index contributed by atoms with van der Waals surface area (Å²) >= 11 is 0. The molecule has 0 saturated heterocycles. The summed E-state index contributed by atoms with van der Waals surface area (Å²) in [6, 6.07) is 5.45. The van der Waals surface area contributed by atoms with E-state index in [1.165, 1.54) is 42.9 Å². The first-order valence-corrected chi connectivity index (χ1v) is 6.59. The van der Waals surface area contributed by atoms with E-state index in [-0.39, 0.29) is 18.1 Å². The van der Waals surface area contributed by atoms with Crippen LogP contribution < -0.4 is 4.74 Å². The van der Waals surface area contributed by atoms with Crippen LogP contribution in [0.25, 0.3) is 0 Å². The Balaban J connectivity index is 2.13. The van der Waals surface area contributed by atoms with Gasteiger partial charge in [0, 0.05) is 24.4 Å². The standard InChI is InChI=1S/C16H16FNO4/c1-10(19)11-7-14(18(2)8-11)16(20)22-9-12-6-13(17)4-5-15(12)21-3/h4-8H,9H2,1-3H3. The molecule has 1 aromatic heterocycles. The molecule has 1 heterocycles. The monoisotopic (exact) mass is 305 g/mol. The van der Waals surface area contributed by atoms with Crippen molar-refractivity contribution in [3.05, 3.63) is 53.1 Å². The summed E-state index contributed by atoms with van der Waals surface area (Å²) in [4.78, 5) is 23.4. The Morgan fingerprint density at radius 3 is 2.59 bits per heavy atom. The Kier molecular flexibility index (Phi) is 4.60. The summed E-state index contributed by atoms with van der Waals surface area (Å²) in [5.74, 6) is -0.738. The molecule has 0 aliphatic heterocycles. The van der Waals surface area contributed by atoms with E-state index in [2.05, 4.69) is 0 Å². The SMILES string of the molecule is COc1ccc(F)cc1COC(=O)c1cc(C(C)=O)cn1C. The van der Waals surface area contributed by atoms with E-state index in [0.717, 1.165) is 0 Å². The maximum Gasteiger partial charge on any atom is 0.355 e. The maximum absolute atomic E-state index is 13.2. The molecule has 5 nitrogen and oxygen atoms in total. The number of carbonyl (C=O) groups is 2. The van der Waals surface area contributed by atoms with Crippen molar-refractivity contribution in [2.45, 2.75) is 13.5 Å². The topological polar surface area (TPSA) is 57.5 Å². The highest BCUT2D eigenvalue weighted by molar-refractivity contribution is 5.97. The molecule has 2 aromatic rings. The van der Waals surface area contributed by atoms with Gasteiger partial charge in [-0.3, -0.25) is 4.79 Å². The largest absolute Gasteiger partial charge is 0.496 e. The normalized spacial score (nSPS) is 10.4. The zero-order valence-corrected chi connectivity index (χ0v) is 12.6. The molecule has 0 atom stereocenters. The number of Topliss-reactive ketones (excluding diaryl/α,β-unsaturated/α-hetero) is 1. The van der Waals surface area contributed by atoms with E-state index in [1.807, 2.05) is 0 Å². The fraction of sp³-hybridized carbons (Fsp3) is 0.250. The van der Waals surface area contributed by atoms with Gasteiger partial charge in [-0.05, 0) is 31.2 Å². The number of benzene rings is 1. The van der Waals surface area contributed by atoms with Gasteiger partial charge in [0.1, 0.15) is 23.9 Å². The van der Waals surface area contributed by atoms with Crippen molar-refractivity contribution in [1.82, 2.24) is 4.57 Å². The lowest BCUT2D eigenvalue weighted by Crippen LogP contribution is -2.10. The first kappa shape index (κ1) is 15.8. The van der Waals surface area contributed by atoms with Gasteiger partial charge in [-0.15, -0.1) is 0 Å². The molecule has 0 fully saturated rings. The smallest absolute Gasteiger partial charge is 0.355 e. The molecular weight excluding hydrogens is 289 g/mol. The molecular formula is C16H16FNO4. The molecule has 0 aliphatic rings. The second-order valence-corrected chi connectivity index (χ2v) is 4.81. The summed E-state index contributed by atoms with van der Waals surface area (Å²) in [6.07, 6.45) is 1.56. The van der Waals surface area contributed by atoms with E-state index in [1.54, 1.807) is 13.2 Å². The van der Waals surface area contributed by atoms with Gasteiger partial charge >= 0.3 is 5.97 Å². The summed E-state index contributed by atoms with van der Waals surface area (Å²) in [6.45, 7) is 1.29. The van der Waals surface area contributed by atoms with Gasteiger partial charge in [-0.25, -0.2) is 9.18 Å². The number of hydrogen-bond donors (Lipinski definition) is 0. The highest BCUT2D eigenvalue weighted by Crippen LogP contribution is 2.21. The second-order valence-electron chi connectivity index (χ2n) is 4.81. The first-order valence-electron chi connectivity index (χ1n) is 6.59. The third kappa shape index (κ3) is 3.33. The van der Waals surface area contributed by atoms with Crippen LogP contribution in [0.5, 0.6) is 5.75 Å². The van der Waals surface area contributed by atoms with Crippen molar-refractivity contribution < 1.29 is 23.5 Å². The van der Waals surface area contributed by atoms with Crippen LogP contribution in [0.15, 0.2) is 30.5 Å². The Morgan fingerprint density at radius 2 is 2.00 bits per heavy atom. The minimum Gasteiger partial charge on any atom is -0.496 e. The number of methoxy groups -OCH3 is 1. The third-order valence-electron chi connectivity index (χ3n) is 3.22. The number of nitrogens with zero attached hydrogens (tertiary/aromatic N) is 1. The van der Waals surface area contributed by atoms with Crippen LogP contribution in [0.1, 0.15) is 33.3 Å². The van der Waals surface area contributed by atoms with E-state index in [0.29, 0.717) is 16.9 Å². The van der Waals surface area contributed by atoms with Gasteiger partial charge in [0.25, 0.3) is 0 Å². The average Bonchev–Trinajstić information content (AvgIpc) is 2.87. The summed E-state index contributed by atoms with van der Waals surface area (Å²) < 4.78 is 25.0. The quantitative estimate of drug-likeness (QED) is 0.629. The Labute approximate surface area is 127 Å². The molecule has 0 amide bonds. The average molecular weight is 305 g/mol. The van der Waals surface area contributed by atoms with Crippen LogP contribution in [0.2, 0.25) is 0 Å². The summed E-state index contributed by atoms with van der Waals surface area (Å²) in [5, 5.41) is 0. The molecule has 0 saturated carbocycles. The fourth-order valence-corrected chi connectivity index (χ4v) is 2.04. The van der Waals surface area contributed by atoms with Gasteiger partial charge in [-0.1, -0.05) is 0 Å². The number of aryl methyl sites for hydroxylation is 1. The minimum absolute atomic E-state index is 0.125. The molecule has 116 valence electrons. The van der Waals surface area contributed by atoms with Crippen LogP contribution in [0.4, 0.5) is 4.39 Å². The summed E-state index contributed by atoms with van der Waals surface area (Å²) in [5.41, 5.74) is 1.11. The van der Waals surface area contributed by atoms with Gasteiger partial charge in [0.2, 0.25) is 0 Å². The highest BCUT2D eigenvalue weighted by Gasteiger charge is 2.16. The van der Waals surface area contributed by atoms with Crippen LogP contribution in [0, 0.1) is 5.82 Å². The number of esters is 1. The lowest BCUT2D eigenvalue weighted by molar-refractivity contribution is 0.0458. The molecule has 2 rings (SSSR count). The maximum atomic E-state index is 13.2. The van der Waals surface area contributed by atoms with Gasteiger partial charge in [0.05, 0.1) is 7.11 Å². The summed E-state index contributed by atoms with van der Waals surface area (Å²) in [7, 11) is 3.10. The third-order valence-corrected chi connectivity index (χ3v) is 3.22. The Morgan fingerprint density at radius 1 is 1.27 bits per heavy atom. The molecule has 22 heavy (non-hydrogen) atoms. The molecule has 1 aromatic carbocycles. The lowest BCUT2D eigenvalue weighted by atomic mass is 10.2. The Bertz CT molecular complexity index is 721. The predicted molar refractivity (Wildman–Crippen MR) is 77.5 cm³/mol. The number of carbonyl (C=O) groups excluding carboxylic acids is 2. The van der Waals surface area contributed by atoms with Crippen LogP contribution >= 0.6 is 0 Å². The number of ether oxygens (including phenoxy) is 2. The van der Waals surface area contributed by atoms with E-state index >= 15 is 0 Å². The number of aromatic nitrogens is 1. The zero-order chi connectivity index (χ0) is 16.3. The molecule has 0 radical (unpaired) electrons. The van der Waals surface area contributed by atoms with Crippen molar-refractivity contribution >= 4 is 11.8 Å². The molecule has 0 N–H and O–H groups in total. The van der Waals surface area contributed by atoms with E-state index < -0.39 is 11.8 Å². The lowest BCUT2D eigenvalue weighted by Gasteiger charge is -2.09. The van der Waals surface area contributed by atoms with Crippen molar-refractivity contribution in [3.8, 4) is 5.75 Å². The van der Waals surface area contributed by atoms with Gasteiger partial charge in [0.15, 0.2) is 5.78 Å². The fourth-order valence-electron chi connectivity index (χ4n) is 2.04. The van der Waals surface area contributed by atoms with Gasteiger partial charge < -0.3 is 14.0 Å². The van der Waals surface area contributed by atoms with Gasteiger partial charge in [-0.2, -0.15) is 0 Å². The zero-order valence-electron chi connectivity index (χ0n) is 12.6. The predicted octanol–water partition coefficient (Wildman–Crippen LogP) is 2.73. The van der Waals surface area contributed by atoms with E-state index in [4.69, 9.17) is 9.47 Å². The number of halogens is 1. The van der Waals surface area contributed by atoms with Crippen LogP contribution in [0.3, 0.4) is 0 Å². The minimum atomic E-state index is -0.596. The number of hydrogen-bond acceptors (Lipinski definition) is 4. The van der Waals surface area contributed by atoms with Crippen molar-refractivity contribution in [2.24, 2.45) is 7.05 Å². The first-order chi connectivity index (χ1) is 10.4. The second kappa shape index (κ2) is 6.43. The van der Waals surface area contributed by atoms with Crippen molar-refractivity contribution in [3.63, 3.8) is 0 Å².